The molecule has 1 fully saturated rings. The van der Waals surface area contributed by atoms with Gasteiger partial charge in [0.05, 0.1) is 23.6 Å². The molecule has 1 atom stereocenters. The summed E-state index contributed by atoms with van der Waals surface area (Å²) in [5, 5.41) is 11.0. The number of benzene rings is 1. The van der Waals surface area contributed by atoms with Crippen molar-refractivity contribution >= 4 is 5.69 Å². The summed E-state index contributed by atoms with van der Waals surface area (Å²) in [7, 11) is 0. The van der Waals surface area contributed by atoms with E-state index in [0.717, 1.165) is 31.0 Å². The van der Waals surface area contributed by atoms with E-state index in [9.17, 15) is 10.1 Å². The normalized spacial score (nSPS) is 16.5. The Morgan fingerprint density at radius 2 is 2.11 bits per heavy atom. The molecule has 0 bridgehead atoms. The molecular formula is C14H21N2O2+. The van der Waals surface area contributed by atoms with Gasteiger partial charge in [0, 0.05) is 12.0 Å². The molecule has 0 spiro atoms. The number of nitrogens with one attached hydrogen (secondary N) is 1. The van der Waals surface area contributed by atoms with Crippen LogP contribution in [0.15, 0.2) is 24.3 Å². The van der Waals surface area contributed by atoms with E-state index >= 15 is 0 Å². The average Bonchev–Trinajstić information content (AvgIpc) is 3.13. The number of para-hydroxylation sites is 1. The van der Waals surface area contributed by atoms with Crippen molar-refractivity contribution in [2.24, 2.45) is 5.92 Å². The highest BCUT2D eigenvalue weighted by Gasteiger charge is 2.27. The van der Waals surface area contributed by atoms with Crippen LogP contribution in [0, 0.1) is 16.0 Å². The molecule has 0 heterocycles. The van der Waals surface area contributed by atoms with E-state index in [1.54, 1.807) is 12.1 Å². The molecule has 2 rings (SSSR count). The smallest absolute Gasteiger partial charge is 0.278 e. The highest BCUT2D eigenvalue weighted by Crippen LogP contribution is 2.27. The van der Waals surface area contributed by atoms with Crippen LogP contribution >= 0.6 is 0 Å². The second kappa shape index (κ2) is 5.96. The van der Waals surface area contributed by atoms with Crippen LogP contribution in [0.4, 0.5) is 5.69 Å². The zero-order valence-electron chi connectivity index (χ0n) is 10.9. The predicted molar refractivity (Wildman–Crippen MR) is 70.5 cm³/mol. The van der Waals surface area contributed by atoms with Gasteiger partial charge in [0.2, 0.25) is 0 Å². The van der Waals surface area contributed by atoms with Crippen molar-refractivity contribution in [3.8, 4) is 0 Å². The quantitative estimate of drug-likeness (QED) is 0.591. The second-order valence-electron chi connectivity index (χ2n) is 5.21. The van der Waals surface area contributed by atoms with Crippen LogP contribution in [0.5, 0.6) is 0 Å². The fraction of sp³-hybridized carbons (Fsp3) is 0.571. The summed E-state index contributed by atoms with van der Waals surface area (Å²) in [5.41, 5.74) is 1.13. The number of rotatable bonds is 7. The van der Waals surface area contributed by atoms with E-state index in [1.165, 1.54) is 24.3 Å². The molecule has 0 saturated heterocycles. The lowest BCUT2D eigenvalue weighted by Crippen LogP contribution is -3.11. The summed E-state index contributed by atoms with van der Waals surface area (Å²) in [6, 6.07) is 7.13. The summed E-state index contributed by atoms with van der Waals surface area (Å²) in [5.74, 6) is 0.856. The van der Waals surface area contributed by atoms with Crippen LogP contribution in [-0.2, 0) is 6.54 Å². The maximum Gasteiger partial charge on any atom is 0.278 e. The number of hydrogen-bond donors (Lipinski definition) is 1. The standard InChI is InChI=1S/C14H20N2O2/c1-2-9-15(10-12-7-8-12)11-13-5-3-4-6-14(13)16(17)18/h3-6,12H,2,7-11H2,1H3/p+1. The maximum absolute atomic E-state index is 11.0. The fourth-order valence-electron chi connectivity index (χ4n) is 2.45. The number of nitrogens with zero attached hydrogens (tertiary/aromatic N) is 1. The molecule has 0 aliphatic heterocycles. The van der Waals surface area contributed by atoms with Crippen LogP contribution < -0.4 is 4.90 Å². The number of nitro benzene ring substituents is 1. The number of hydrogen-bond acceptors (Lipinski definition) is 2. The van der Waals surface area contributed by atoms with Gasteiger partial charge in [0.25, 0.3) is 5.69 Å². The zero-order valence-corrected chi connectivity index (χ0v) is 10.9. The third-order valence-corrected chi connectivity index (χ3v) is 3.51. The van der Waals surface area contributed by atoms with Gasteiger partial charge in [-0.3, -0.25) is 10.1 Å². The minimum Gasteiger partial charge on any atom is -0.331 e. The van der Waals surface area contributed by atoms with Gasteiger partial charge in [-0.15, -0.1) is 0 Å². The van der Waals surface area contributed by atoms with Crippen LogP contribution in [0.25, 0.3) is 0 Å². The molecule has 1 aliphatic carbocycles. The first-order valence-corrected chi connectivity index (χ1v) is 6.76. The molecule has 4 heteroatoms. The Labute approximate surface area is 108 Å². The van der Waals surface area contributed by atoms with Gasteiger partial charge in [0.15, 0.2) is 0 Å². The highest BCUT2D eigenvalue weighted by atomic mass is 16.6. The van der Waals surface area contributed by atoms with E-state index in [2.05, 4.69) is 6.92 Å². The first kappa shape index (κ1) is 13.0. The van der Waals surface area contributed by atoms with Crippen molar-refractivity contribution in [1.82, 2.24) is 0 Å². The first-order valence-electron chi connectivity index (χ1n) is 6.76. The molecule has 98 valence electrons. The van der Waals surface area contributed by atoms with E-state index < -0.39 is 0 Å². The van der Waals surface area contributed by atoms with Crippen molar-refractivity contribution in [3.63, 3.8) is 0 Å². The summed E-state index contributed by atoms with van der Waals surface area (Å²) in [4.78, 5) is 12.2. The third-order valence-electron chi connectivity index (χ3n) is 3.51. The fourth-order valence-corrected chi connectivity index (χ4v) is 2.45. The Morgan fingerprint density at radius 1 is 1.39 bits per heavy atom. The largest absolute Gasteiger partial charge is 0.331 e. The Bertz CT molecular complexity index is 416. The monoisotopic (exact) mass is 249 g/mol. The molecule has 0 aromatic heterocycles. The van der Waals surface area contributed by atoms with Gasteiger partial charge < -0.3 is 4.90 Å². The molecule has 1 unspecified atom stereocenters. The van der Waals surface area contributed by atoms with Gasteiger partial charge in [-0.25, -0.2) is 0 Å². The summed E-state index contributed by atoms with van der Waals surface area (Å²) in [6.45, 7) is 5.22. The molecule has 0 radical (unpaired) electrons. The van der Waals surface area contributed by atoms with Gasteiger partial charge in [-0.1, -0.05) is 19.1 Å². The molecule has 1 saturated carbocycles. The van der Waals surface area contributed by atoms with E-state index in [1.807, 2.05) is 12.1 Å². The lowest BCUT2D eigenvalue weighted by atomic mass is 10.1. The molecule has 0 amide bonds. The Balaban J connectivity index is 2.06. The second-order valence-corrected chi connectivity index (χ2v) is 5.21. The average molecular weight is 249 g/mol. The van der Waals surface area contributed by atoms with Crippen molar-refractivity contribution in [2.45, 2.75) is 32.7 Å². The number of nitro groups is 1. The van der Waals surface area contributed by atoms with Gasteiger partial charge in [0.1, 0.15) is 6.54 Å². The Morgan fingerprint density at radius 3 is 2.72 bits per heavy atom. The molecule has 1 aromatic rings. The topological polar surface area (TPSA) is 47.6 Å². The Kier molecular flexibility index (Phi) is 4.31. The molecule has 18 heavy (non-hydrogen) atoms. The summed E-state index contributed by atoms with van der Waals surface area (Å²) < 4.78 is 0. The molecular weight excluding hydrogens is 228 g/mol. The van der Waals surface area contributed by atoms with Crippen LogP contribution in [0.2, 0.25) is 0 Å². The van der Waals surface area contributed by atoms with E-state index in [-0.39, 0.29) is 10.6 Å². The van der Waals surface area contributed by atoms with Gasteiger partial charge >= 0.3 is 0 Å². The molecule has 4 nitrogen and oxygen atoms in total. The molecule has 1 N–H and O–H groups in total. The van der Waals surface area contributed by atoms with Crippen LogP contribution in [0.3, 0.4) is 0 Å². The van der Waals surface area contributed by atoms with Crippen molar-refractivity contribution in [1.29, 1.82) is 0 Å². The first-order chi connectivity index (χ1) is 8.70. The molecule has 1 aliphatic rings. The van der Waals surface area contributed by atoms with Crippen molar-refractivity contribution in [2.75, 3.05) is 13.1 Å². The lowest BCUT2D eigenvalue weighted by molar-refractivity contribution is -0.915. The van der Waals surface area contributed by atoms with Crippen LogP contribution in [0.1, 0.15) is 31.7 Å². The Hall–Kier alpha value is -1.42. The van der Waals surface area contributed by atoms with Crippen molar-refractivity contribution in [3.05, 3.63) is 39.9 Å². The minimum absolute atomic E-state index is 0.266. The van der Waals surface area contributed by atoms with Crippen molar-refractivity contribution < 1.29 is 9.82 Å². The maximum atomic E-state index is 11.0. The predicted octanol–water partition coefficient (Wildman–Crippen LogP) is 1.80. The lowest BCUT2D eigenvalue weighted by Gasteiger charge is -2.18. The van der Waals surface area contributed by atoms with Gasteiger partial charge in [-0.2, -0.15) is 0 Å². The molecule has 1 aromatic carbocycles. The third kappa shape index (κ3) is 3.53. The van der Waals surface area contributed by atoms with Crippen LogP contribution in [-0.4, -0.2) is 18.0 Å². The van der Waals surface area contributed by atoms with Gasteiger partial charge in [-0.05, 0) is 25.3 Å². The minimum atomic E-state index is -0.268. The zero-order chi connectivity index (χ0) is 13.0. The summed E-state index contributed by atoms with van der Waals surface area (Å²) >= 11 is 0. The highest BCUT2D eigenvalue weighted by molar-refractivity contribution is 5.39. The number of quaternary nitrogens is 1. The van der Waals surface area contributed by atoms with E-state index in [4.69, 9.17) is 0 Å². The SMILES string of the molecule is CCC[NH+](Cc1ccccc1[N+](=O)[O-])CC1CC1. The van der Waals surface area contributed by atoms with E-state index in [0.29, 0.717) is 0 Å². The summed E-state index contributed by atoms with van der Waals surface area (Å²) in [6.07, 6.45) is 3.80.